The molecule has 1 fully saturated rings. The predicted molar refractivity (Wildman–Crippen MR) is 141 cm³/mol. The van der Waals surface area contributed by atoms with Gasteiger partial charge < -0.3 is 9.64 Å². The Labute approximate surface area is 210 Å². The molecule has 1 aromatic heterocycles. The Morgan fingerprint density at radius 2 is 1.71 bits per heavy atom. The summed E-state index contributed by atoms with van der Waals surface area (Å²) in [6.45, 7) is 17.2. The van der Waals surface area contributed by atoms with E-state index >= 15 is 0 Å². The Balaban J connectivity index is 0.00000199. The third kappa shape index (κ3) is 7.57. The van der Waals surface area contributed by atoms with Gasteiger partial charge in [-0.05, 0) is 62.1 Å². The number of hydrogen-bond donors (Lipinski definition) is 0. The third-order valence-electron chi connectivity index (χ3n) is 6.52. The summed E-state index contributed by atoms with van der Waals surface area (Å²) in [6, 6.07) is 16.8. The van der Waals surface area contributed by atoms with Crippen LogP contribution >= 0.6 is 11.3 Å². The van der Waals surface area contributed by atoms with Crippen molar-refractivity contribution >= 4 is 11.3 Å². The number of ether oxygens (including phenoxy) is 1. The minimum Gasteiger partial charge on any atom is -0.492 e. The molecule has 1 unspecified atom stereocenters. The number of benzene rings is 1. The first-order chi connectivity index (χ1) is 16.5. The van der Waals surface area contributed by atoms with Crippen molar-refractivity contribution in [1.82, 2.24) is 9.80 Å². The molecule has 184 valence electrons. The van der Waals surface area contributed by atoms with Crippen molar-refractivity contribution < 1.29 is 4.74 Å². The van der Waals surface area contributed by atoms with E-state index in [0.717, 1.165) is 62.7 Å². The van der Waals surface area contributed by atoms with Crippen LogP contribution in [0.2, 0.25) is 0 Å². The van der Waals surface area contributed by atoms with Gasteiger partial charge in [0.05, 0.1) is 11.5 Å². The van der Waals surface area contributed by atoms with Crippen LogP contribution in [0.3, 0.4) is 0 Å². The van der Waals surface area contributed by atoms with Gasteiger partial charge in [-0.15, -0.1) is 11.3 Å². The molecule has 1 saturated heterocycles. The molecule has 1 aliphatic rings. The van der Waals surface area contributed by atoms with Crippen LogP contribution in [0, 0.1) is 35.5 Å². The second-order valence-corrected chi connectivity index (χ2v) is 10.0. The fraction of sp³-hybridized carbons (Fsp3) is 0.571. The predicted octanol–water partition coefficient (Wildman–Crippen LogP) is 5.85. The maximum absolute atomic E-state index is 10.1. The van der Waals surface area contributed by atoms with Gasteiger partial charge in [0.15, 0.2) is 0 Å². The highest BCUT2D eigenvalue weighted by molar-refractivity contribution is 7.12. The Hall–Kier alpha value is -2.38. The maximum Gasteiger partial charge on any atom is 0.119 e. The molecule has 0 aliphatic carbocycles. The molecule has 0 radical (unpaired) electrons. The van der Waals surface area contributed by atoms with E-state index < -0.39 is 5.41 Å². The Morgan fingerprint density at radius 3 is 2.26 bits per heavy atom. The lowest BCUT2D eigenvalue weighted by atomic mass is 9.73. The van der Waals surface area contributed by atoms with Crippen LogP contribution in [-0.2, 0) is 5.41 Å². The van der Waals surface area contributed by atoms with E-state index in [-0.39, 0.29) is 5.92 Å². The number of thiophene rings is 1. The number of rotatable bonds is 10. The normalized spacial score (nSPS) is 16.1. The maximum atomic E-state index is 10.1. The average Bonchev–Trinajstić information content (AvgIpc) is 3.34. The first kappa shape index (κ1) is 27.9. The van der Waals surface area contributed by atoms with Gasteiger partial charge in [0.25, 0.3) is 0 Å². The molecule has 0 N–H and O–H groups in total. The zero-order valence-corrected chi connectivity index (χ0v) is 22.3. The number of nitriles is 2. The highest BCUT2D eigenvalue weighted by atomic mass is 32.1. The molecule has 0 saturated carbocycles. The molecule has 0 amide bonds. The largest absolute Gasteiger partial charge is 0.492 e. The summed E-state index contributed by atoms with van der Waals surface area (Å²) in [6.07, 6.45) is 1.82. The molecule has 1 atom stereocenters. The van der Waals surface area contributed by atoms with Gasteiger partial charge in [-0.1, -0.05) is 39.8 Å². The summed E-state index contributed by atoms with van der Waals surface area (Å²) in [7, 11) is 0. The van der Waals surface area contributed by atoms with Crippen molar-refractivity contribution in [2.45, 2.75) is 52.9 Å². The van der Waals surface area contributed by atoms with E-state index in [1.807, 2.05) is 38.1 Å². The first-order valence-corrected chi connectivity index (χ1v) is 13.3. The molecule has 6 heteroatoms. The number of hydrogen-bond acceptors (Lipinski definition) is 6. The van der Waals surface area contributed by atoms with Gasteiger partial charge in [-0.3, -0.25) is 4.90 Å². The van der Waals surface area contributed by atoms with Crippen molar-refractivity contribution in [2.24, 2.45) is 5.92 Å². The van der Waals surface area contributed by atoms with E-state index in [9.17, 15) is 10.5 Å². The highest BCUT2D eigenvalue weighted by Crippen LogP contribution is 2.40. The van der Waals surface area contributed by atoms with Crippen molar-refractivity contribution in [1.29, 1.82) is 10.5 Å². The van der Waals surface area contributed by atoms with Gasteiger partial charge in [0.1, 0.15) is 23.3 Å². The monoisotopic (exact) mass is 480 g/mol. The summed E-state index contributed by atoms with van der Waals surface area (Å²) in [5, 5.41) is 19.3. The zero-order valence-electron chi connectivity index (χ0n) is 21.5. The standard InChI is InChI=1S/C26H34N4OS.C2H6/c1-21(2)26(20-28,25-9-8-24(19-27)32-25)10-5-11-29-12-14-30(15-13-29)16-17-31-23-7-4-6-22(3)18-23;1-2/h4,6-9,18,21H,5,10-17H2,1-3H3;1-2H3. The highest BCUT2D eigenvalue weighted by Gasteiger charge is 2.37. The van der Waals surface area contributed by atoms with E-state index in [4.69, 9.17) is 4.74 Å². The van der Waals surface area contributed by atoms with Gasteiger partial charge in [0.2, 0.25) is 0 Å². The molecular weight excluding hydrogens is 440 g/mol. The molecule has 1 aliphatic heterocycles. The summed E-state index contributed by atoms with van der Waals surface area (Å²) >= 11 is 1.47. The summed E-state index contributed by atoms with van der Waals surface area (Å²) in [4.78, 5) is 6.69. The minimum absolute atomic E-state index is 0.211. The van der Waals surface area contributed by atoms with Crippen molar-refractivity contribution in [3.63, 3.8) is 0 Å². The van der Waals surface area contributed by atoms with Crippen LogP contribution < -0.4 is 4.74 Å². The Morgan fingerprint density at radius 1 is 1.03 bits per heavy atom. The van der Waals surface area contributed by atoms with Crippen LogP contribution in [0.25, 0.3) is 0 Å². The number of aryl methyl sites for hydroxylation is 1. The second kappa shape index (κ2) is 14.1. The summed E-state index contributed by atoms with van der Waals surface area (Å²) in [5.74, 6) is 1.16. The fourth-order valence-corrected chi connectivity index (χ4v) is 5.51. The third-order valence-corrected chi connectivity index (χ3v) is 7.68. The lowest BCUT2D eigenvalue weighted by Crippen LogP contribution is -2.47. The lowest BCUT2D eigenvalue weighted by molar-refractivity contribution is 0.114. The van der Waals surface area contributed by atoms with Gasteiger partial charge in [-0.25, -0.2) is 0 Å². The van der Waals surface area contributed by atoms with E-state index in [1.165, 1.54) is 16.9 Å². The quantitative estimate of drug-likeness (QED) is 0.427. The second-order valence-electron chi connectivity index (χ2n) is 8.97. The van der Waals surface area contributed by atoms with Crippen LogP contribution in [0.5, 0.6) is 5.75 Å². The van der Waals surface area contributed by atoms with Gasteiger partial charge in [-0.2, -0.15) is 10.5 Å². The Kier molecular flexibility index (Phi) is 11.6. The lowest BCUT2D eigenvalue weighted by Gasteiger charge is -2.35. The van der Waals surface area contributed by atoms with Crippen molar-refractivity contribution in [3.8, 4) is 17.9 Å². The van der Waals surface area contributed by atoms with Gasteiger partial charge >= 0.3 is 0 Å². The minimum atomic E-state index is -0.505. The van der Waals surface area contributed by atoms with Gasteiger partial charge in [0, 0.05) is 37.6 Å². The average molecular weight is 481 g/mol. The number of nitrogens with zero attached hydrogens (tertiary/aromatic N) is 4. The number of piperazine rings is 1. The van der Waals surface area contributed by atoms with Crippen LogP contribution in [0.1, 0.15) is 55.9 Å². The SMILES string of the molecule is CC.Cc1cccc(OCCN2CCN(CCCC(C#N)(c3ccc(C#N)s3)C(C)C)CC2)c1. The molecule has 34 heavy (non-hydrogen) atoms. The molecule has 2 heterocycles. The van der Waals surface area contributed by atoms with E-state index in [2.05, 4.69) is 54.8 Å². The summed E-state index contributed by atoms with van der Waals surface area (Å²) in [5.41, 5.74) is 0.716. The Bertz CT molecular complexity index is 950. The first-order valence-electron chi connectivity index (χ1n) is 12.5. The molecule has 0 spiro atoms. The van der Waals surface area contributed by atoms with Crippen molar-refractivity contribution in [2.75, 3.05) is 45.9 Å². The smallest absolute Gasteiger partial charge is 0.119 e. The van der Waals surface area contributed by atoms with Crippen LogP contribution in [-0.4, -0.2) is 55.7 Å². The zero-order chi connectivity index (χ0) is 25.0. The van der Waals surface area contributed by atoms with E-state index in [0.29, 0.717) is 11.5 Å². The molecule has 0 bridgehead atoms. The summed E-state index contributed by atoms with van der Waals surface area (Å²) < 4.78 is 5.90. The molecule has 1 aromatic carbocycles. The van der Waals surface area contributed by atoms with Crippen LogP contribution in [0.4, 0.5) is 0 Å². The molecule has 5 nitrogen and oxygen atoms in total. The van der Waals surface area contributed by atoms with Crippen molar-refractivity contribution in [3.05, 3.63) is 51.7 Å². The fourth-order valence-electron chi connectivity index (χ4n) is 4.39. The van der Waals surface area contributed by atoms with Crippen LogP contribution in [0.15, 0.2) is 36.4 Å². The molecular formula is C28H40N4OS. The topological polar surface area (TPSA) is 63.3 Å². The molecule has 2 aromatic rings. The molecule has 3 rings (SSSR count). The van der Waals surface area contributed by atoms with E-state index in [1.54, 1.807) is 0 Å².